The molecular formula is C15H11Cl3O2. The van der Waals surface area contributed by atoms with Crippen LogP contribution in [0.3, 0.4) is 0 Å². The molecule has 0 heterocycles. The number of carboxylic acids is 1. The second-order valence-electron chi connectivity index (χ2n) is 4.39. The molecule has 5 heteroatoms. The van der Waals surface area contributed by atoms with Gasteiger partial charge in [0.15, 0.2) is 0 Å². The number of hydrogen-bond donors (Lipinski definition) is 1. The Bertz CT molecular complexity index is 641. The maximum Gasteiger partial charge on any atom is 0.311 e. The highest BCUT2D eigenvalue weighted by Crippen LogP contribution is 2.30. The monoisotopic (exact) mass is 328 g/mol. The number of carbonyl (C=O) groups is 1. The summed E-state index contributed by atoms with van der Waals surface area (Å²) in [5, 5.41) is 10.9. The van der Waals surface area contributed by atoms with E-state index >= 15 is 0 Å². The molecule has 20 heavy (non-hydrogen) atoms. The summed E-state index contributed by atoms with van der Waals surface area (Å²) in [6.07, 6.45) is 0.302. The van der Waals surface area contributed by atoms with E-state index < -0.39 is 11.9 Å². The number of aliphatic carboxylic acids is 1. The molecule has 0 fully saturated rings. The minimum atomic E-state index is -0.950. The summed E-state index contributed by atoms with van der Waals surface area (Å²) >= 11 is 17.9. The number of halogens is 3. The number of hydrogen-bond acceptors (Lipinski definition) is 1. The van der Waals surface area contributed by atoms with Gasteiger partial charge >= 0.3 is 5.97 Å². The third kappa shape index (κ3) is 3.66. The molecule has 0 aliphatic rings. The molecule has 2 aromatic rings. The van der Waals surface area contributed by atoms with Gasteiger partial charge in [0.05, 0.1) is 5.92 Å². The fraction of sp³-hybridized carbons (Fsp3) is 0.133. The lowest BCUT2D eigenvalue weighted by molar-refractivity contribution is -0.138. The Kier molecular flexibility index (Phi) is 4.92. The van der Waals surface area contributed by atoms with Gasteiger partial charge < -0.3 is 5.11 Å². The van der Waals surface area contributed by atoms with Crippen molar-refractivity contribution in [3.05, 3.63) is 68.7 Å². The maximum atomic E-state index is 11.5. The van der Waals surface area contributed by atoms with Gasteiger partial charge in [-0.3, -0.25) is 4.79 Å². The lowest BCUT2D eigenvalue weighted by atomic mass is 9.92. The van der Waals surface area contributed by atoms with E-state index in [-0.39, 0.29) is 0 Å². The van der Waals surface area contributed by atoms with E-state index in [4.69, 9.17) is 34.8 Å². The first-order valence-corrected chi connectivity index (χ1v) is 7.03. The van der Waals surface area contributed by atoms with Gasteiger partial charge in [0.2, 0.25) is 0 Å². The molecule has 0 spiro atoms. The van der Waals surface area contributed by atoms with Crippen LogP contribution in [0.4, 0.5) is 0 Å². The molecule has 0 radical (unpaired) electrons. The highest BCUT2D eigenvalue weighted by molar-refractivity contribution is 6.33. The van der Waals surface area contributed by atoms with E-state index in [1.54, 1.807) is 36.4 Å². The van der Waals surface area contributed by atoms with Gasteiger partial charge in [-0.05, 0) is 47.9 Å². The van der Waals surface area contributed by atoms with Crippen LogP contribution in [0, 0.1) is 0 Å². The van der Waals surface area contributed by atoms with E-state index in [0.29, 0.717) is 27.1 Å². The van der Waals surface area contributed by atoms with Gasteiger partial charge in [-0.25, -0.2) is 0 Å². The molecule has 0 aliphatic carbocycles. The van der Waals surface area contributed by atoms with Crippen LogP contribution in [-0.2, 0) is 11.2 Å². The predicted octanol–water partition coefficient (Wildman–Crippen LogP) is 5.06. The lowest BCUT2D eigenvalue weighted by Gasteiger charge is -2.15. The van der Waals surface area contributed by atoms with Crippen molar-refractivity contribution in [2.24, 2.45) is 0 Å². The zero-order chi connectivity index (χ0) is 14.7. The summed E-state index contributed by atoms with van der Waals surface area (Å²) < 4.78 is 0. The van der Waals surface area contributed by atoms with Gasteiger partial charge in [0.25, 0.3) is 0 Å². The van der Waals surface area contributed by atoms with E-state index in [2.05, 4.69) is 0 Å². The van der Waals surface area contributed by atoms with Crippen LogP contribution in [0.15, 0.2) is 42.5 Å². The molecule has 1 atom stereocenters. The highest BCUT2D eigenvalue weighted by Gasteiger charge is 2.23. The van der Waals surface area contributed by atoms with Crippen molar-refractivity contribution in [2.75, 3.05) is 0 Å². The quantitative estimate of drug-likeness (QED) is 0.851. The maximum absolute atomic E-state index is 11.5. The van der Waals surface area contributed by atoms with Gasteiger partial charge in [-0.1, -0.05) is 46.9 Å². The van der Waals surface area contributed by atoms with E-state index in [0.717, 1.165) is 5.56 Å². The largest absolute Gasteiger partial charge is 0.481 e. The van der Waals surface area contributed by atoms with Gasteiger partial charge in [0, 0.05) is 15.1 Å². The van der Waals surface area contributed by atoms with Crippen LogP contribution < -0.4 is 0 Å². The first-order chi connectivity index (χ1) is 9.47. The molecule has 1 unspecified atom stereocenters. The van der Waals surface area contributed by atoms with Crippen molar-refractivity contribution in [3.63, 3.8) is 0 Å². The summed E-state index contributed by atoms with van der Waals surface area (Å²) in [6.45, 7) is 0. The van der Waals surface area contributed by atoms with Crippen molar-refractivity contribution >= 4 is 40.8 Å². The first kappa shape index (κ1) is 15.2. The Morgan fingerprint density at radius 3 is 2.40 bits per heavy atom. The zero-order valence-electron chi connectivity index (χ0n) is 10.3. The fourth-order valence-corrected chi connectivity index (χ4v) is 2.65. The molecule has 0 saturated heterocycles. The zero-order valence-corrected chi connectivity index (χ0v) is 12.6. The van der Waals surface area contributed by atoms with E-state index in [1.807, 2.05) is 6.07 Å². The molecule has 0 aliphatic heterocycles. The Morgan fingerprint density at radius 2 is 1.75 bits per heavy atom. The summed E-state index contributed by atoms with van der Waals surface area (Å²) in [5.41, 5.74) is 1.34. The standard InChI is InChI=1S/C15H11Cl3O2/c16-10-3-1-2-9(6-10)7-13(15(19)20)12-8-11(17)4-5-14(12)18/h1-6,8,13H,7H2,(H,19,20). The van der Waals surface area contributed by atoms with Crippen LogP contribution >= 0.6 is 34.8 Å². The van der Waals surface area contributed by atoms with Gasteiger partial charge in [-0.15, -0.1) is 0 Å². The van der Waals surface area contributed by atoms with Crippen molar-refractivity contribution in [1.29, 1.82) is 0 Å². The topological polar surface area (TPSA) is 37.3 Å². The van der Waals surface area contributed by atoms with Crippen LogP contribution in [0.2, 0.25) is 15.1 Å². The first-order valence-electron chi connectivity index (χ1n) is 5.89. The average molecular weight is 330 g/mol. The minimum absolute atomic E-state index is 0.302. The second-order valence-corrected chi connectivity index (χ2v) is 5.67. The van der Waals surface area contributed by atoms with Crippen molar-refractivity contribution in [3.8, 4) is 0 Å². The molecule has 0 saturated carbocycles. The van der Waals surface area contributed by atoms with Gasteiger partial charge in [-0.2, -0.15) is 0 Å². The summed E-state index contributed by atoms with van der Waals surface area (Å²) in [5.74, 6) is -1.71. The average Bonchev–Trinajstić information content (AvgIpc) is 2.39. The van der Waals surface area contributed by atoms with Crippen LogP contribution in [0.1, 0.15) is 17.0 Å². The third-order valence-electron chi connectivity index (χ3n) is 2.96. The highest BCUT2D eigenvalue weighted by atomic mass is 35.5. The SMILES string of the molecule is O=C(O)C(Cc1cccc(Cl)c1)c1cc(Cl)ccc1Cl. The van der Waals surface area contributed by atoms with Crippen molar-refractivity contribution in [2.45, 2.75) is 12.3 Å². The molecule has 2 aromatic carbocycles. The lowest BCUT2D eigenvalue weighted by Crippen LogP contribution is -2.15. The summed E-state index contributed by atoms with van der Waals surface area (Å²) in [4.78, 5) is 11.5. The van der Waals surface area contributed by atoms with Crippen LogP contribution in [-0.4, -0.2) is 11.1 Å². The van der Waals surface area contributed by atoms with Crippen LogP contribution in [0.25, 0.3) is 0 Å². The normalized spacial score (nSPS) is 12.2. The molecular weight excluding hydrogens is 319 g/mol. The van der Waals surface area contributed by atoms with Crippen LogP contribution in [0.5, 0.6) is 0 Å². The molecule has 2 rings (SSSR count). The molecule has 1 N–H and O–H groups in total. The number of benzene rings is 2. The van der Waals surface area contributed by atoms with Crippen molar-refractivity contribution in [1.82, 2.24) is 0 Å². The number of rotatable bonds is 4. The fourth-order valence-electron chi connectivity index (χ4n) is 2.01. The third-order valence-corrected chi connectivity index (χ3v) is 3.77. The molecule has 104 valence electrons. The Hall–Kier alpha value is -1.22. The number of carboxylic acid groups (broad SMARTS) is 1. The summed E-state index contributed by atoms with van der Waals surface area (Å²) in [6, 6.07) is 11.9. The van der Waals surface area contributed by atoms with Crippen molar-refractivity contribution < 1.29 is 9.90 Å². The summed E-state index contributed by atoms with van der Waals surface area (Å²) in [7, 11) is 0. The van der Waals surface area contributed by atoms with E-state index in [1.165, 1.54) is 0 Å². The predicted molar refractivity (Wildman–Crippen MR) is 82.0 cm³/mol. The molecule has 2 nitrogen and oxygen atoms in total. The Morgan fingerprint density at radius 1 is 1.05 bits per heavy atom. The smallest absolute Gasteiger partial charge is 0.311 e. The Labute approximate surface area is 131 Å². The molecule has 0 aromatic heterocycles. The molecule has 0 amide bonds. The minimum Gasteiger partial charge on any atom is -0.481 e. The Balaban J connectivity index is 2.37. The van der Waals surface area contributed by atoms with Gasteiger partial charge in [0.1, 0.15) is 0 Å². The van der Waals surface area contributed by atoms with E-state index in [9.17, 15) is 9.90 Å². The molecule has 0 bridgehead atoms. The second kappa shape index (κ2) is 6.49.